The molecule has 0 saturated carbocycles. The molecule has 2 aromatic carbocycles. The summed E-state index contributed by atoms with van der Waals surface area (Å²) < 4.78 is 14.6. The van der Waals surface area contributed by atoms with Crippen LogP contribution in [0.3, 0.4) is 0 Å². The van der Waals surface area contributed by atoms with E-state index in [1.807, 2.05) is 0 Å². The number of carbonyl (C=O) groups is 2. The fourth-order valence-electron chi connectivity index (χ4n) is 1.68. The number of hydrogen-bond acceptors (Lipinski definition) is 2. The highest BCUT2D eigenvalue weighted by atomic mass is 79.9. The van der Waals surface area contributed by atoms with Crippen LogP contribution in [0, 0.1) is 5.82 Å². The van der Waals surface area contributed by atoms with Crippen LogP contribution >= 0.6 is 31.9 Å². The molecule has 0 unspecified atom stereocenters. The summed E-state index contributed by atoms with van der Waals surface area (Å²) in [5.74, 6) is -2.62. The summed E-state index contributed by atoms with van der Waals surface area (Å²) in [4.78, 5) is 23.2. The quantitative estimate of drug-likeness (QED) is 0.783. The molecule has 2 aromatic rings. The molecule has 108 valence electrons. The molecule has 2 rings (SSSR count). The van der Waals surface area contributed by atoms with E-state index >= 15 is 0 Å². The van der Waals surface area contributed by atoms with Crippen molar-refractivity contribution in [2.24, 2.45) is 0 Å². The van der Waals surface area contributed by atoms with E-state index in [0.717, 1.165) is 0 Å². The van der Waals surface area contributed by atoms with Crippen molar-refractivity contribution in [3.63, 3.8) is 0 Å². The number of nitrogens with one attached hydrogen (secondary N) is 1. The number of carbonyl (C=O) groups excluding carboxylic acids is 1. The molecule has 0 radical (unpaired) electrons. The molecule has 2 N–H and O–H groups in total. The molecular weight excluding hydrogens is 409 g/mol. The first-order valence-corrected chi connectivity index (χ1v) is 7.27. The SMILES string of the molecule is O=C(O)c1ccc(Br)cc1NC(=O)c1cccc(Br)c1F. The topological polar surface area (TPSA) is 66.4 Å². The third-order valence-electron chi connectivity index (χ3n) is 2.66. The molecule has 0 bridgehead atoms. The summed E-state index contributed by atoms with van der Waals surface area (Å²) in [6, 6.07) is 8.62. The van der Waals surface area contributed by atoms with Crippen molar-refractivity contribution in [3.05, 3.63) is 62.3 Å². The van der Waals surface area contributed by atoms with Crippen LogP contribution in [0.1, 0.15) is 20.7 Å². The minimum atomic E-state index is -1.19. The smallest absolute Gasteiger partial charge is 0.337 e. The average Bonchev–Trinajstić information content (AvgIpc) is 2.41. The summed E-state index contributed by atoms with van der Waals surface area (Å²) in [6.07, 6.45) is 0. The van der Waals surface area contributed by atoms with E-state index in [4.69, 9.17) is 5.11 Å². The zero-order valence-corrected chi connectivity index (χ0v) is 13.5. The van der Waals surface area contributed by atoms with Crippen LogP contribution in [0.4, 0.5) is 10.1 Å². The first-order valence-electron chi connectivity index (χ1n) is 5.68. The number of anilines is 1. The Kier molecular flexibility index (Phi) is 4.74. The lowest BCUT2D eigenvalue weighted by atomic mass is 10.1. The molecule has 0 aliphatic rings. The normalized spacial score (nSPS) is 10.2. The van der Waals surface area contributed by atoms with Crippen molar-refractivity contribution in [1.29, 1.82) is 0 Å². The third-order valence-corrected chi connectivity index (χ3v) is 3.76. The minimum absolute atomic E-state index is 0.0815. The standard InChI is InChI=1S/C14H8Br2FNO3/c15-7-4-5-8(14(20)21)11(6-7)18-13(19)9-2-1-3-10(16)12(9)17/h1-6H,(H,18,19)(H,20,21). The second-order valence-corrected chi connectivity index (χ2v) is 5.82. The van der Waals surface area contributed by atoms with Gasteiger partial charge < -0.3 is 10.4 Å². The Bertz CT molecular complexity index is 734. The van der Waals surface area contributed by atoms with E-state index in [0.29, 0.717) is 4.47 Å². The van der Waals surface area contributed by atoms with Gasteiger partial charge in [0.15, 0.2) is 0 Å². The summed E-state index contributed by atoms with van der Waals surface area (Å²) in [7, 11) is 0. The maximum atomic E-state index is 13.9. The van der Waals surface area contributed by atoms with Gasteiger partial charge >= 0.3 is 5.97 Å². The first kappa shape index (κ1) is 15.7. The fourth-order valence-corrected chi connectivity index (χ4v) is 2.40. The Hall–Kier alpha value is -1.73. The second-order valence-electron chi connectivity index (χ2n) is 4.05. The van der Waals surface area contributed by atoms with Crippen molar-refractivity contribution >= 4 is 49.4 Å². The van der Waals surface area contributed by atoms with Crippen molar-refractivity contribution in [2.75, 3.05) is 5.32 Å². The Morgan fingerprint density at radius 3 is 2.48 bits per heavy atom. The number of rotatable bonds is 3. The zero-order chi connectivity index (χ0) is 15.6. The van der Waals surface area contributed by atoms with Gasteiger partial charge in [0.2, 0.25) is 0 Å². The van der Waals surface area contributed by atoms with Crippen molar-refractivity contribution in [3.8, 4) is 0 Å². The predicted octanol–water partition coefficient (Wildman–Crippen LogP) is 4.30. The van der Waals surface area contributed by atoms with Gasteiger partial charge in [-0.2, -0.15) is 0 Å². The van der Waals surface area contributed by atoms with Crippen LogP contribution in [0.5, 0.6) is 0 Å². The summed E-state index contributed by atoms with van der Waals surface area (Å²) in [5, 5.41) is 11.5. The Morgan fingerprint density at radius 2 is 1.81 bits per heavy atom. The lowest BCUT2D eigenvalue weighted by Crippen LogP contribution is -2.16. The molecule has 21 heavy (non-hydrogen) atoms. The highest BCUT2D eigenvalue weighted by Gasteiger charge is 2.17. The Morgan fingerprint density at radius 1 is 1.10 bits per heavy atom. The zero-order valence-electron chi connectivity index (χ0n) is 10.4. The lowest BCUT2D eigenvalue weighted by Gasteiger charge is -2.10. The number of carboxylic acid groups (broad SMARTS) is 1. The summed E-state index contributed by atoms with van der Waals surface area (Å²) in [5.41, 5.74) is -0.177. The molecule has 0 atom stereocenters. The van der Waals surface area contributed by atoms with E-state index in [1.165, 1.54) is 30.3 Å². The monoisotopic (exact) mass is 415 g/mol. The van der Waals surface area contributed by atoms with Crippen molar-refractivity contribution < 1.29 is 19.1 Å². The van der Waals surface area contributed by atoms with Crippen LogP contribution < -0.4 is 5.32 Å². The first-order chi connectivity index (χ1) is 9.90. The molecule has 0 aliphatic heterocycles. The van der Waals surface area contributed by atoms with E-state index in [-0.39, 0.29) is 21.3 Å². The summed E-state index contributed by atoms with van der Waals surface area (Å²) >= 11 is 6.18. The Balaban J connectivity index is 2.38. The lowest BCUT2D eigenvalue weighted by molar-refractivity contribution is 0.0698. The number of aromatic carboxylic acids is 1. The van der Waals surface area contributed by atoms with E-state index in [1.54, 1.807) is 6.07 Å². The summed E-state index contributed by atoms with van der Waals surface area (Å²) in [6.45, 7) is 0. The number of hydrogen-bond donors (Lipinski definition) is 2. The van der Waals surface area contributed by atoms with Crippen LogP contribution in [-0.2, 0) is 0 Å². The maximum absolute atomic E-state index is 13.9. The van der Waals surface area contributed by atoms with Gasteiger partial charge in [-0.15, -0.1) is 0 Å². The van der Waals surface area contributed by atoms with Gasteiger partial charge in [-0.3, -0.25) is 4.79 Å². The average molecular weight is 417 g/mol. The van der Waals surface area contributed by atoms with E-state index < -0.39 is 17.7 Å². The third kappa shape index (κ3) is 3.48. The van der Waals surface area contributed by atoms with Gasteiger partial charge in [-0.05, 0) is 46.3 Å². The van der Waals surface area contributed by atoms with Gasteiger partial charge in [-0.1, -0.05) is 22.0 Å². The predicted molar refractivity (Wildman–Crippen MR) is 83.2 cm³/mol. The molecular formula is C14H8Br2FNO3. The van der Waals surface area contributed by atoms with Crippen molar-refractivity contribution in [1.82, 2.24) is 0 Å². The number of carboxylic acids is 1. The highest BCUT2D eigenvalue weighted by Crippen LogP contribution is 2.24. The Labute approximate surface area is 136 Å². The van der Waals surface area contributed by atoms with Crippen molar-refractivity contribution in [2.45, 2.75) is 0 Å². The van der Waals surface area contributed by atoms with Crippen LogP contribution in [0.25, 0.3) is 0 Å². The largest absolute Gasteiger partial charge is 0.478 e. The molecule has 7 heteroatoms. The second kappa shape index (κ2) is 6.36. The molecule has 0 aliphatic carbocycles. The molecule has 0 saturated heterocycles. The number of halogens is 3. The maximum Gasteiger partial charge on any atom is 0.337 e. The number of benzene rings is 2. The molecule has 1 amide bonds. The van der Waals surface area contributed by atoms with E-state index in [9.17, 15) is 14.0 Å². The van der Waals surface area contributed by atoms with Crippen LogP contribution in [0.2, 0.25) is 0 Å². The fraction of sp³-hybridized carbons (Fsp3) is 0. The molecule has 4 nitrogen and oxygen atoms in total. The molecule has 0 fully saturated rings. The van der Waals surface area contributed by atoms with Gasteiger partial charge in [0, 0.05) is 4.47 Å². The minimum Gasteiger partial charge on any atom is -0.478 e. The van der Waals surface area contributed by atoms with Crippen LogP contribution in [0.15, 0.2) is 45.3 Å². The highest BCUT2D eigenvalue weighted by molar-refractivity contribution is 9.10. The molecule has 0 aromatic heterocycles. The van der Waals surface area contributed by atoms with E-state index in [2.05, 4.69) is 37.2 Å². The number of amides is 1. The van der Waals surface area contributed by atoms with Gasteiger partial charge in [0.1, 0.15) is 5.82 Å². The van der Waals surface area contributed by atoms with Crippen LogP contribution in [-0.4, -0.2) is 17.0 Å². The van der Waals surface area contributed by atoms with Gasteiger partial charge in [0.25, 0.3) is 5.91 Å². The molecule has 0 heterocycles. The van der Waals surface area contributed by atoms with Gasteiger partial charge in [0.05, 0.1) is 21.3 Å². The molecule has 0 spiro atoms. The van der Waals surface area contributed by atoms with Gasteiger partial charge in [-0.25, -0.2) is 9.18 Å².